The van der Waals surface area contributed by atoms with Crippen LogP contribution in [0.2, 0.25) is 0 Å². The van der Waals surface area contributed by atoms with Crippen molar-refractivity contribution in [3.63, 3.8) is 0 Å². The van der Waals surface area contributed by atoms with Crippen LogP contribution in [0.1, 0.15) is 17.0 Å². The van der Waals surface area contributed by atoms with Gasteiger partial charge in [-0.05, 0) is 30.2 Å². The van der Waals surface area contributed by atoms with Crippen molar-refractivity contribution in [2.45, 2.75) is 12.8 Å². The van der Waals surface area contributed by atoms with E-state index in [9.17, 15) is 0 Å². The summed E-state index contributed by atoms with van der Waals surface area (Å²) in [6.45, 7) is 2.73. The molecular weight excluding hydrogens is 240 g/mol. The molecule has 0 saturated carbocycles. The van der Waals surface area contributed by atoms with Crippen LogP contribution in [0.3, 0.4) is 0 Å². The molecule has 0 aromatic heterocycles. The smallest absolute Gasteiger partial charge is 0.119 e. The first kappa shape index (κ1) is 13.0. The Morgan fingerprint density at radius 3 is 2.50 bits per heavy atom. The Morgan fingerprint density at radius 2 is 1.83 bits per heavy atom. The van der Waals surface area contributed by atoms with Gasteiger partial charge >= 0.3 is 0 Å². The third-order valence-corrected chi connectivity index (χ3v) is 3.37. The maximum Gasteiger partial charge on any atom is 0.119 e. The molecule has 18 heavy (non-hydrogen) atoms. The molecule has 1 nitrogen and oxygen atoms in total. The molecule has 0 aliphatic carbocycles. The van der Waals surface area contributed by atoms with Crippen molar-refractivity contribution >= 4 is 12.6 Å². The van der Waals surface area contributed by atoms with Gasteiger partial charge in [-0.15, -0.1) is 0 Å². The van der Waals surface area contributed by atoms with E-state index >= 15 is 0 Å². The van der Waals surface area contributed by atoms with Crippen LogP contribution >= 0.6 is 12.6 Å². The molecule has 0 aliphatic rings. The Bertz CT molecular complexity index is 481. The van der Waals surface area contributed by atoms with E-state index in [2.05, 4.69) is 56.0 Å². The third-order valence-electron chi connectivity index (χ3n) is 2.93. The minimum Gasteiger partial charge on any atom is -0.493 e. The van der Waals surface area contributed by atoms with Crippen molar-refractivity contribution in [3.8, 4) is 5.75 Å². The summed E-state index contributed by atoms with van der Waals surface area (Å²) in [6, 6.07) is 18.5. The van der Waals surface area contributed by atoms with Gasteiger partial charge in [-0.2, -0.15) is 12.6 Å². The molecule has 0 bridgehead atoms. The van der Waals surface area contributed by atoms with Crippen molar-refractivity contribution in [2.24, 2.45) is 0 Å². The van der Waals surface area contributed by atoms with Crippen LogP contribution in [0, 0.1) is 6.92 Å². The van der Waals surface area contributed by atoms with E-state index in [0.29, 0.717) is 12.5 Å². The summed E-state index contributed by atoms with van der Waals surface area (Å²) in [5.74, 6) is 2.04. The summed E-state index contributed by atoms with van der Waals surface area (Å²) in [5, 5.41) is 0. The molecule has 1 atom stereocenters. The maximum absolute atomic E-state index is 5.85. The molecule has 0 radical (unpaired) electrons. The zero-order valence-corrected chi connectivity index (χ0v) is 11.4. The lowest BCUT2D eigenvalue weighted by Gasteiger charge is -2.16. The summed E-state index contributed by atoms with van der Waals surface area (Å²) in [7, 11) is 0. The fraction of sp³-hybridized carbons (Fsp3) is 0.250. The number of ether oxygens (including phenoxy) is 1. The maximum atomic E-state index is 5.85. The van der Waals surface area contributed by atoms with Gasteiger partial charge < -0.3 is 4.74 Å². The second-order valence-electron chi connectivity index (χ2n) is 4.42. The topological polar surface area (TPSA) is 9.23 Å². The molecule has 1 unspecified atom stereocenters. The summed E-state index contributed by atoms with van der Waals surface area (Å²) in [4.78, 5) is 0. The van der Waals surface area contributed by atoms with Crippen LogP contribution in [0.4, 0.5) is 0 Å². The van der Waals surface area contributed by atoms with Crippen LogP contribution in [-0.4, -0.2) is 12.4 Å². The van der Waals surface area contributed by atoms with Gasteiger partial charge in [0.15, 0.2) is 0 Å². The lowest BCUT2D eigenvalue weighted by atomic mass is 10.0. The normalized spacial score (nSPS) is 12.1. The van der Waals surface area contributed by atoms with Crippen LogP contribution in [-0.2, 0) is 0 Å². The van der Waals surface area contributed by atoms with E-state index in [-0.39, 0.29) is 0 Å². The molecule has 0 saturated heterocycles. The standard InChI is InChI=1S/C16H18OS/c1-13-6-5-9-16(10-13)17-11-15(12-18)14-7-3-2-4-8-14/h2-10,15,18H,11-12H2,1H3. The van der Waals surface area contributed by atoms with E-state index in [0.717, 1.165) is 11.5 Å². The second kappa shape index (κ2) is 6.50. The van der Waals surface area contributed by atoms with Crippen LogP contribution in [0.5, 0.6) is 5.75 Å². The minimum atomic E-state index is 0.329. The number of rotatable bonds is 5. The molecule has 0 heterocycles. The fourth-order valence-corrected chi connectivity index (χ4v) is 2.20. The van der Waals surface area contributed by atoms with E-state index in [1.807, 2.05) is 18.2 Å². The van der Waals surface area contributed by atoms with Crippen molar-refractivity contribution in [1.82, 2.24) is 0 Å². The molecule has 2 rings (SSSR count). The average molecular weight is 258 g/mol. The number of benzene rings is 2. The van der Waals surface area contributed by atoms with Crippen molar-refractivity contribution in [2.75, 3.05) is 12.4 Å². The zero-order valence-electron chi connectivity index (χ0n) is 10.5. The Hall–Kier alpha value is -1.41. The predicted octanol–water partition coefficient (Wildman–Crippen LogP) is 4.09. The predicted molar refractivity (Wildman–Crippen MR) is 79.7 cm³/mol. The molecule has 0 N–H and O–H groups in total. The lowest BCUT2D eigenvalue weighted by molar-refractivity contribution is 0.297. The highest BCUT2D eigenvalue weighted by atomic mass is 32.1. The van der Waals surface area contributed by atoms with Gasteiger partial charge in [-0.1, -0.05) is 42.5 Å². The van der Waals surface area contributed by atoms with Crippen LogP contribution in [0.15, 0.2) is 54.6 Å². The number of hydrogen-bond acceptors (Lipinski definition) is 2. The highest BCUT2D eigenvalue weighted by Gasteiger charge is 2.10. The lowest BCUT2D eigenvalue weighted by Crippen LogP contribution is -2.11. The fourth-order valence-electron chi connectivity index (χ4n) is 1.88. The van der Waals surface area contributed by atoms with Gasteiger partial charge in [0.25, 0.3) is 0 Å². The van der Waals surface area contributed by atoms with E-state index in [4.69, 9.17) is 4.74 Å². The van der Waals surface area contributed by atoms with Crippen LogP contribution < -0.4 is 4.74 Å². The van der Waals surface area contributed by atoms with Crippen LogP contribution in [0.25, 0.3) is 0 Å². The third kappa shape index (κ3) is 3.54. The van der Waals surface area contributed by atoms with Gasteiger partial charge in [0, 0.05) is 11.7 Å². The molecule has 2 aromatic carbocycles. The summed E-state index contributed by atoms with van der Waals surface area (Å²) >= 11 is 4.41. The first-order valence-corrected chi connectivity index (χ1v) is 6.78. The first-order valence-electron chi connectivity index (χ1n) is 6.15. The van der Waals surface area contributed by atoms with Gasteiger partial charge in [-0.25, -0.2) is 0 Å². The molecular formula is C16H18OS. The largest absolute Gasteiger partial charge is 0.493 e. The van der Waals surface area contributed by atoms with E-state index in [1.54, 1.807) is 0 Å². The molecule has 0 aliphatic heterocycles. The van der Waals surface area contributed by atoms with Gasteiger partial charge in [0.05, 0.1) is 6.61 Å². The van der Waals surface area contributed by atoms with Crippen molar-refractivity contribution < 1.29 is 4.74 Å². The Morgan fingerprint density at radius 1 is 1.06 bits per heavy atom. The molecule has 0 spiro atoms. The Balaban J connectivity index is 2.00. The second-order valence-corrected chi connectivity index (χ2v) is 4.78. The van der Waals surface area contributed by atoms with E-state index < -0.39 is 0 Å². The SMILES string of the molecule is Cc1cccc(OCC(CS)c2ccccc2)c1. The molecule has 2 aromatic rings. The molecule has 0 amide bonds. The number of hydrogen-bond donors (Lipinski definition) is 1. The molecule has 94 valence electrons. The molecule has 2 heteroatoms. The van der Waals surface area contributed by atoms with E-state index in [1.165, 1.54) is 11.1 Å². The van der Waals surface area contributed by atoms with Gasteiger partial charge in [0.1, 0.15) is 5.75 Å². The minimum absolute atomic E-state index is 0.329. The number of thiol groups is 1. The highest BCUT2D eigenvalue weighted by molar-refractivity contribution is 7.80. The van der Waals surface area contributed by atoms with Crippen molar-refractivity contribution in [3.05, 3.63) is 65.7 Å². The Kier molecular flexibility index (Phi) is 4.71. The highest BCUT2D eigenvalue weighted by Crippen LogP contribution is 2.20. The average Bonchev–Trinajstić information content (AvgIpc) is 2.41. The van der Waals surface area contributed by atoms with Gasteiger partial charge in [-0.3, -0.25) is 0 Å². The summed E-state index contributed by atoms with van der Waals surface area (Å²) in [6.07, 6.45) is 0. The Labute approximate surface area is 114 Å². The summed E-state index contributed by atoms with van der Waals surface area (Å²) in [5.41, 5.74) is 2.50. The summed E-state index contributed by atoms with van der Waals surface area (Å²) < 4.78 is 5.85. The van der Waals surface area contributed by atoms with Gasteiger partial charge in [0.2, 0.25) is 0 Å². The molecule has 0 fully saturated rings. The number of aryl methyl sites for hydroxylation is 1. The quantitative estimate of drug-likeness (QED) is 0.795. The van der Waals surface area contributed by atoms with Crippen molar-refractivity contribution in [1.29, 1.82) is 0 Å². The zero-order chi connectivity index (χ0) is 12.8. The first-order chi connectivity index (χ1) is 8.79. The monoisotopic (exact) mass is 258 g/mol.